The number of rotatable bonds is 4. The molecule has 0 radical (unpaired) electrons. The molecule has 4 atom stereocenters. The lowest BCUT2D eigenvalue weighted by Gasteiger charge is -2.48. The van der Waals surface area contributed by atoms with Crippen molar-refractivity contribution in [1.29, 1.82) is 0 Å². The van der Waals surface area contributed by atoms with Crippen LogP contribution in [0.3, 0.4) is 0 Å². The van der Waals surface area contributed by atoms with E-state index in [9.17, 15) is 4.79 Å². The van der Waals surface area contributed by atoms with Crippen molar-refractivity contribution < 1.29 is 14.3 Å². The summed E-state index contributed by atoms with van der Waals surface area (Å²) in [5.41, 5.74) is 0.330. The third-order valence-corrected chi connectivity index (χ3v) is 5.35. The monoisotopic (exact) mass is 386 g/mol. The van der Waals surface area contributed by atoms with Gasteiger partial charge >= 0.3 is 6.09 Å². The van der Waals surface area contributed by atoms with Crippen LogP contribution in [0.15, 0.2) is 18.2 Å². The summed E-state index contributed by atoms with van der Waals surface area (Å²) in [7, 11) is 0. The average Bonchev–Trinajstić information content (AvgIpc) is 2.90. The highest BCUT2D eigenvalue weighted by molar-refractivity contribution is 6.35. The van der Waals surface area contributed by atoms with E-state index in [4.69, 9.17) is 32.7 Å². The molecule has 3 rings (SSSR count). The van der Waals surface area contributed by atoms with E-state index in [1.807, 2.05) is 39.0 Å². The molecular formula is C18H24Cl2N2O3. The van der Waals surface area contributed by atoms with E-state index in [0.717, 1.165) is 12.0 Å². The Labute approximate surface area is 158 Å². The Morgan fingerprint density at radius 3 is 2.60 bits per heavy atom. The molecule has 2 N–H and O–H groups in total. The molecule has 25 heavy (non-hydrogen) atoms. The van der Waals surface area contributed by atoms with Gasteiger partial charge in [0.1, 0.15) is 5.60 Å². The van der Waals surface area contributed by atoms with Crippen molar-refractivity contribution in [2.45, 2.75) is 57.5 Å². The number of amides is 1. The molecule has 1 aliphatic carbocycles. The summed E-state index contributed by atoms with van der Waals surface area (Å²) in [5.74, 6) is 0.312. The molecule has 7 heteroatoms. The molecule has 0 bridgehead atoms. The van der Waals surface area contributed by atoms with E-state index in [0.29, 0.717) is 29.1 Å². The van der Waals surface area contributed by atoms with Gasteiger partial charge < -0.3 is 20.1 Å². The predicted molar refractivity (Wildman–Crippen MR) is 98.1 cm³/mol. The Balaban J connectivity index is 1.63. The van der Waals surface area contributed by atoms with Gasteiger partial charge in [-0.3, -0.25) is 0 Å². The Morgan fingerprint density at radius 1 is 1.28 bits per heavy atom. The first-order valence-electron chi connectivity index (χ1n) is 8.53. The fourth-order valence-corrected chi connectivity index (χ4v) is 4.04. The molecule has 4 unspecified atom stereocenters. The van der Waals surface area contributed by atoms with Crippen LogP contribution in [-0.4, -0.2) is 36.5 Å². The van der Waals surface area contributed by atoms with Crippen LogP contribution in [0.4, 0.5) is 4.79 Å². The first-order chi connectivity index (χ1) is 11.8. The van der Waals surface area contributed by atoms with Gasteiger partial charge in [0.15, 0.2) is 0 Å². The van der Waals surface area contributed by atoms with Gasteiger partial charge in [-0.15, -0.1) is 0 Å². The van der Waals surface area contributed by atoms with Gasteiger partial charge in [0, 0.05) is 34.7 Å². The molecule has 1 heterocycles. The molecule has 1 saturated heterocycles. The van der Waals surface area contributed by atoms with Crippen molar-refractivity contribution in [1.82, 2.24) is 10.6 Å². The summed E-state index contributed by atoms with van der Waals surface area (Å²) in [6.07, 6.45) is 0.641. The summed E-state index contributed by atoms with van der Waals surface area (Å²) in [4.78, 5) is 12.1. The minimum Gasteiger partial charge on any atom is -0.444 e. The van der Waals surface area contributed by atoms with Crippen LogP contribution in [0.2, 0.25) is 10.0 Å². The van der Waals surface area contributed by atoms with Crippen molar-refractivity contribution >= 4 is 29.3 Å². The number of halogens is 2. The van der Waals surface area contributed by atoms with Crippen molar-refractivity contribution in [2.24, 2.45) is 5.92 Å². The molecule has 1 saturated carbocycles. The fourth-order valence-electron chi connectivity index (χ4n) is 3.51. The molecular weight excluding hydrogens is 363 g/mol. The summed E-state index contributed by atoms with van der Waals surface area (Å²) >= 11 is 12.5. The molecule has 2 fully saturated rings. The molecule has 0 spiro atoms. The van der Waals surface area contributed by atoms with E-state index >= 15 is 0 Å². The summed E-state index contributed by atoms with van der Waals surface area (Å²) in [5, 5.41) is 7.68. The third kappa shape index (κ3) is 4.22. The van der Waals surface area contributed by atoms with Crippen molar-refractivity contribution in [3.05, 3.63) is 33.8 Å². The molecule has 5 nitrogen and oxygen atoms in total. The second-order valence-corrected chi connectivity index (χ2v) is 8.38. The van der Waals surface area contributed by atoms with Gasteiger partial charge in [-0.2, -0.15) is 0 Å². The van der Waals surface area contributed by atoms with Crippen LogP contribution in [0.5, 0.6) is 0 Å². The average molecular weight is 387 g/mol. The predicted octanol–water partition coefficient (Wildman–Crippen LogP) is 3.76. The standard InChI is InChI=1S/C18H24Cl2N2O3/c1-18(2,3)25-17(23)22-14-10-7-8-24-16(10)15(14)21-9-11-12(19)5-4-6-13(11)20/h4-6,10,14-16,21H,7-9H2,1-3H3,(H,22,23). The van der Waals surface area contributed by atoms with Crippen molar-refractivity contribution in [2.75, 3.05) is 6.61 Å². The quantitative estimate of drug-likeness (QED) is 0.826. The van der Waals surface area contributed by atoms with Crippen LogP contribution < -0.4 is 10.6 Å². The lowest BCUT2D eigenvalue weighted by molar-refractivity contribution is -0.0344. The second kappa shape index (κ2) is 7.31. The maximum atomic E-state index is 12.1. The minimum atomic E-state index is -0.520. The summed E-state index contributed by atoms with van der Waals surface area (Å²) < 4.78 is 11.2. The number of alkyl carbamates (subject to hydrolysis) is 1. The third-order valence-electron chi connectivity index (χ3n) is 4.65. The lowest BCUT2D eigenvalue weighted by Crippen LogP contribution is -2.70. The van der Waals surface area contributed by atoms with Crippen molar-refractivity contribution in [3.63, 3.8) is 0 Å². The number of hydrogen-bond donors (Lipinski definition) is 2. The van der Waals surface area contributed by atoms with Crippen LogP contribution in [0, 0.1) is 5.92 Å². The number of carbonyl (C=O) groups is 1. The number of nitrogens with one attached hydrogen (secondary N) is 2. The molecule has 0 aromatic heterocycles. The zero-order valence-corrected chi connectivity index (χ0v) is 16.2. The topological polar surface area (TPSA) is 59.6 Å². The van der Waals surface area contributed by atoms with Gasteiger partial charge in [-0.25, -0.2) is 4.79 Å². The first kappa shape index (κ1) is 18.8. The summed E-state index contributed by atoms with van der Waals surface area (Å²) in [6, 6.07) is 5.43. The number of carbonyl (C=O) groups excluding carboxylic acids is 1. The maximum absolute atomic E-state index is 12.1. The molecule has 138 valence electrons. The molecule has 1 amide bonds. The van der Waals surface area contributed by atoms with Crippen LogP contribution in [0.1, 0.15) is 32.8 Å². The highest BCUT2D eigenvalue weighted by atomic mass is 35.5. The Kier molecular flexibility index (Phi) is 5.49. The van der Waals surface area contributed by atoms with E-state index in [1.165, 1.54) is 0 Å². The number of hydrogen-bond acceptors (Lipinski definition) is 4. The first-order valence-corrected chi connectivity index (χ1v) is 9.29. The van der Waals surface area contributed by atoms with E-state index < -0.39 is 11.7 Å². The lowest BCUT2D eigenvalue weighted by atomic mass is 9.71. The van der Waals surface area contributed by atoms with Gasteiger partial charge in [-0.05, 0) is 39.3 Å². The Hall–Kier alpha value is -1.01. The summed E-state index contributed by atoms with van der Waals surface area (Å²) in [6.45, 7) is 6.78. The van der Waals surface area contributed by atoms with Gasteiger partial charge in [0.2, 0.25) is 0 Å². The van der Waals surface area contributed by atoms with E-state index in [2.05, 4.69) is 10.6 Å². The smallest absolute Gasteiger partial charge is 0.407 e. The van der Waals surface area contributed by atoms with Gasteiger partial charge in [-0.1, -0.05) is 29.3 Å². The highest BCUT2D eigenvalue weighted by Gasteiger charge is 2.54. The largest absolute Gasteiger partial charge is 0.444 e. The number of fused-ring (bicyclic) bond motifs is 1. The zero-order valence-electron chi connectivity index (χ0n) is 14.6. The number of benzene rings is 1. The molecule has 1 aromatic carbocycles. The van der Waals surface area contributed by atoms with Crippen LogP contribution >= 0.6 is 23.2 Å². The number of ether oxygens (including phenoxy) is 2. The van der Waals surface area contributed by atoms with Crippen LogP contribution in [0.25, 0.3) is 0 Å². The fraction of sp³-hybridized carbons (Fsp3) is 0.611. The molecule has 2 aliphatic rings. The SMILES string of the molecule is CC(C)(C)OC(=O)NC1C2CCOC2C1NCc1c(Cl)cccc1Cl. The van der Waals surface area contributed by atoms with Crippen molar-refractivity contribution in [3.8, 4) is 0 Å². The van der Waals surface area contributed by atoms with Crippen LogP contribution in [-0.2, 0) is 16.0 Å². The Bertz CT molecular complexity index is 627. The second-order valence-electron chi connectivity index (χ2n) is 7.57. The normalized spacial score (nSPS) is 28.2. The minimum absolute atomic E-state index is 0.00681. The molecule has 1 aliphatic heterocycles. The van der Waals surface area contributed by atoms with E-state index in [-0.39, 0.29) is 18.2 Å². The maximum Gasteiger partial charge on any atom is 0.407 e. The molecule has 1 aromatic rings. The Morgan fingerprint density at radius 2 is 1.96 bits per heavy atom. The van der Waals surface area contributed by atoms with Gasteiger partial charge in [0.05, 0.1) is 18.2 Å². The zero-order chi connectivity index (χ0) is 18.2. The highest BCUT2D eigenvalue weighted by Crippen LogP contribution is 2.39. The van der Waals surface area contributed by atoms with Gasteiger partial charge in [0.25, 0.3) is 0 Å². The van der Waals surface area contributed by atoms with E-state index in [1.54, 1.807) is 0 Å².